The average molecular weight is 399 g/mol. The number of ether oxygens (including phenoxy) is 2. The number of carbonyl (C=O) groups is 1. The van der Waals surface area contributed by atoms with Crippen molar-refractivity contribution in [3.63, 3.8) is 0 Å². The molecule has 7 heteroatoms. The molecule has 0 atom stereocenters. The molecule has 1 amide bonds. The van der Waals surface area contributed by atoms with Crippen molar-refractivity contribution in [2.24, 2.45) is 5.41 Å². The number of rotatable bonds is 5. The molecule has 0 aromatic heterocycles. The Balaban J connectivity index is 1.83. The molecule has 3 rings (SSSR count). The SMILES string of the molecule is CC(C)(C)CN(C(=O)O)c1cc(Oc2cccc(N3CCOCC3)c2)ccc1N. The maximum atomic E-state index is 11.8. The number of amides is 1. The molecule has 2 aromatic carbocycles. The molecule has 1 aliphatic heterocycles. The van der Waals surface area contributed by atoms with Crippen LogP contribution in [-0.4, -0.2) is 44.0 Å². The van der Waals surface area contributed by atoms with Gasteiger partial charge in [-0.25, -0.2) is 4.79 Å². The zero-order valence-electron chi connectivity index (χ0n) is 17.2. The fraction of sp³-hybridized carbons (Fsp3) is 0.409. The molecule has 0 saturated carbocycles. The lowest BCUT2D eigenvalue weighted by atomic mass is 9.96. The molecule has 1 fully saturated rings. The summed E-state index contributed by atoms with van der Waals surface area (Å²) < 4.78 is 11.4. The van der Waals surface area contributed by atoms with E-state index in [1.165, 1.54) is 4.90 Å². The quantitative estimate of drug-likeness (QED) is 0.723. The third-order valence-electron chi connectivity index (χ3n) is 4.59. The first-order chi connectivity index (χ1) is 13.7. The smallest absolute Gasteiger partial charge is 0.411 e. The van der Waals surface area contributed by atoms with Gasteiger partial charge >= 0.3 is 6.09 Å². The third kappa shape index (κ3) is 5.54. The monoisotopic (exact) mass is 399 g/mol. The van der Waals surface area contributed by atoms with Gasteiger partial charge in [-0.2, -0.15) is 0 Å². The standard InChI is InChI=1S/C22H29N3O4/c1-22(2,3)15-25(21(26)27)20-14-18(7-8-19(20)23)29-17-6-4-5-16(13-17)24-9-11-28-12-10-24/h4-8,13-14H,9-12,15,23H2,1-3H3,(H,26,27). The van der Waals surface area contributed by atoms with E-state index >= 15 is 0 Å². The summed E-state index contributed by atoms with van der Waals surface area (Å²) in [5.74, 6) is 1.22. The Hall–Kier alpha value is -2.93. The first-order valence-electron chi connectivity index (χ1n) is 9.73. The summed E-state index contributed by atoms with van der Waals surface area (Å²) >= 11 is 0. The Morgan fingerprint density at radius 1 is 1.17 bits per heavy atom. The highest BCUT2D eigenvalue weighted by atomic mass is 16.5. The van der Waals surface area contributed by atoms with Crippen LogP contribution in [0.5, 0.6) is 11.5 Å². The van der Waals surface area contributed by atoms with E-state index in [1.54, 1.807) is 18.2 Å². The van der Waals surface area contributed by atoms with E-state index in [0.29, 0.717) is 42.6 Å². The minimum Gasteiger partial charge on any atom is -0.465 e. The van der Waals surface area contributed by atoms with E-state index < -0.39 is 6.09 Å². The molecule has 3 N–H and O–H groups in total. The first-order valence-corrected chi connectivity index (χ1v) is 9.73. The van der Waals surface area contributed by atoms with E-state index in [9.17, 15) is 9.90 Å². The van der Waals surface area contributed by atoms with Gasteiger partial charge in [-0.05, 0) is 29.7 Å². The van der Waals surface area contributed by atoms with Crippen LogP contribution in [0.15, 0.2) is 42.5 Å². The minimum atomic E-state index is -1.04. The van der Waals surface area contributed by atoms with Crippen molar-refractivity contribution < 1.29 is 19.4 Å². The maximum absolute atomic E-state index is 11.8. The van der Waals surface area contributed by atoms with Crippen molar-refractivity contribution in [1.29, 1.82) is 0 Å². The second-order valence-electron chi connectivity index (χ2n) is 8.35. The zero-order valence-corrected chi connectivity index (χ0v) is 17.2. The van der Waals surface area contributed by atoms with Crippen molar-refractivity contribution in [3.8, 4) is 11.5 Å². The summed E-state index contributed by atoms with van der Waals surface area (Å²) in [6, 6.07) is 12.9. The van der Waals surface area contributed by atoms with Crippen LogP contribution in [0.4, 0.5) is 21.9 Å². The molecule has 2 aromatic rings. The van der Waals surface area contributed by atoms with Crippen LogP contribution in [0.1, 0.15) is 20.8 Å². The summed E-state index contributed by atoms with van der Waals surface area (Å²) in [7, 11) is 0. The molecular formula is C22H29N3O4. The summed E-state index contributed by atoms with van der Waals surface area (Å²) in [5, 5.41) is 9.69. The predicted molar refractivity (Wildman–Crippen MR) is 115 cm³/mol. The molecule has 0 spiro atoms. The van der Waals surface area contributed by atoms with Gasteiger partial charge in [-0.1, -0.05) is 26.8 Å². The zero-order chi connectivity index (χ0) is 21.0. The van der Waals surface area contributed by atoms with E-state index in [2.05, 4.69) is 4.90 Å². The maximum Gasteiger partial charge on any atom is 0.411 e. The van der Waals surface area contributed by atoms with Crippen molar-refractivity contribution in [1.82, 2.24) is 0 Å². The number of hydrogen-bond donors (Lipinski definition) is 2. The Morgan fingerprint density at radius 2 is 1.86 bits per heavy atom. The Bertz CT molecular complexity index is 857. The lowest BCUT2D eigenvalue weighted by Crippen LogP contribution is -2.37. The summed E-state index contributed by atoms with van der Waals surface area (Å²) in [5.41, 5.74) is 7.76. The van der Waals surface area contributed by atoms with Gasteiger partial charge in [0, 0.05) is 37.5 Å². The number of anilines is 3. The fourth-order valence-corrected chi connectivity index (χ4v) is 3.25. The number of nitrogens with zero attached hydrogens (tertiary/aromatic N) is 2. The van der Waals surface area contributed by atoms with Gasteiger partial charge in [0.2, 0.25) is 0 Å². The molecule has 0 bridgehead atoms. The Kier molecular flexibility index (Phi) is 6.17. The molecule has 0 aliphatic carbocycles. The molecule has 1 aliphatic rings. The van der Waals surface area contributed by atoms with Crippen molar-refractivity contribution in [2.45, 2.75) is 20.8 Å². The van der Waals surface area contributed by atoms with Gasteiger partial charge in [0.25, 0.3) is 0 Å². The van der Waals surface area contributed by atoms with E-state index in [0.717, 1.165) is 18.8 Å². The number of morpholine rings is 1. The highest BCUT2D eigenvalue weighted by molar-refractivity contribution is 5.91. The minimum absolute atomic E-state index is 0.214. The van der Waals surface area contributed by atoms with Crippen LogP contribution in [0.3, 0.4) is 0 Å². The van der Waals surface area contributed by atoms with Gasteiger partial charge in [0.15, 0.2) is 0 Å². The topological polar surface area (TPSA) is 88.3 Å². The van der Waals surface area contributed by atoms with Crippen LogP contribution >= 0.6 is 0 Å². The Labute approximate surface area is 171 Å². The normalized spacial score (nSPS) is 14.5. The second-order valence-corrected chi connectivity index (χ2v) is 8.35. The number of nitrogen functional groups attached to an aromatic ring is 1. The molecule has 7 nitrogen and oxygen atoms in total. The molecule has 29 heavy (non-hydrogen) atoms. The summed E-state index contributed by atoms with van der Waals surface area (Å²) in [6.07, 6.45) is -1.04. The largest absolute Gasteiger partial charge is 0.465 e. The van der Waals surface area contributed by atoms with Crippen LogP contribution in [0.2, 0.25) is 0 Å². The van der Waals surface area contributed by atoms with Gasteiger partial charge in [-0.3, -0.25) is 4.90 Å². The van der Waals surface area contributed by atoms with Crippen LogP contribution in [0.25, 0.3) is 0 Å². The van der Waals surface area contributed by atoms with Gasteiger partial charge in [0.05, 0.1) is 24.6 Å². The number of nitrogens with two attached hydrogens (primary N) is 1. The van der Waals surface area contributed by atoms with Crippen molar-refractivity contribution >= 4 is 23.2 Å². The summed E-state index contributed by atoms with van der Waals surface area (Å²) in [4.78, 5) is 15.4. The Morgan fingerprint density at radius 3 is 2.52 bits per heavy atom. The fourth-order valence-electron chi connectivity index (χ4n) is 3.25. The van der Waals surface area contributed by atoms with Crippen molar-refractivity contribution in [3.05, 3.63) is 42.5 Å². The third-order valence-corrected chi connectivity index (χ3v) is 4.59. The van der Waals surface area contributed by atoms with Crippen molar-refractivity contribution in [2.75, 3.05) is 48.4 Å². The summed E-state index contributed by atoms with van der Waals surface area (Å²) in [6.45, 7) is 9.38. The molecular weight excluding hydrogens is 370 g/mol. The number of benzene rings is 2. The van der Waals surface area contributed by atoms with Crippen LogP contribution < -0.4 is 20.3 Å². The van der Waals surface area contributed by atoms with E-state index in [-0.39, 0.29) is 5.41 Å². The predicted octanol–water partition coefficient (Wildman–Crippen LogP) is 4.43. The lowest BCUT2D eigenvalue weighted by Gasteiger charge is -2.29. The average Bonchev–Trinajstić information content (AvgIpc) is 2.68. The molecule has 0 unspecified atom stereocenters. The molecule has 1 saturated heterocycles. The van der Waals surface area contributed by atoms with Crippen LogP contribution in [0, 0.1) is 5.41 Å². The second kappa shape index (κ2) is 8.61. The van der Waals surface area contributed by atoms with E-state index in [4.69, 9.17) is 15.2 Å². The first kappa shape index (κ1) is 20.8. The van der Waals surface area contributed by atoms with Gasteiger partial charge in [0.1, 0.15) is 11.5 Å². The highest BCUT2D eigenvalue weighted by Crippen LogP contribution is 2.34. The molecule has 156 valence electrons. The lowest BCUT2D eigenvalue weighted by molar-refractivity contribution is 0.122. The van der Waals surface area contributed by atoms with Gasteiger partial charge < -0.3 is 25.2 Å². The van der Waals surface area contributed by atoms with E-state index in [1.807, 2.05) is 45.0 Å². The van der Waals surface area contributed by atoms with Crippen LogP contribution in [-0.2, 0) is 4.74 Å². The molecule has 1 heterocycles. The highest BCUT2D eigenvalue weighted by Gasteiger charge is 2.24. The number of hydrogen-bond acceptors (Lipinski definition) is 5. The van der Waals surface area contributed by atoms with Gasteiger partial charge in [-0.15, -0.1) is 0 Å². The molecule has 0 radical (unpaired) electrons. The number of carboxylic acid groups (broad SMARTS) is 1.